The smallest absolute Gasteiger partial charge is 0.253 e. The van der Waals surface area contributed by atoms with Gasteiger partial charge in [0.2, 0.25) is 5.91 Å². The maximum absolute atomic E-state index is 12.5. The van der Waals surface area contributed by atoms with Gasteiger partial charge in [0.05, 0.1) is 6.07 Å². The van der Waals surface area contributed by atoms with Crippen LogP contribution in [0.15, 0.2) is 24.3 Å². The molecule has 0 atom stereocenters. The van der Waals surface area contributed by atoms with Crippen LogP contribution in [-0.2, 0) is 4.79 Å². The Balaban J connectivity index is 2.01. The summed E-state index contributed by atoms with van der Waals surface area (Å²) in [5, 5.41) is 8.59. The van der Waals surface area contributed by atoms with Crippen LogP contribution in [0, 0.1) is 18.3 Å². The highest BCUT2D eigenvalue weighted by atomic mass is 16.2. The van der Waals surface area contributed by atoms with Gasteiger partial charge in [-0.3, -0.25) is 9.59 Å². The van der Waals surface area contributed by atoms with Crippen molar-refractivity contribution in [3.63, 3.8) is 0 Å². The summed E-state index contributed by atoms with van der Waals surface area (Å²) in [7, 11) is 0. The maximum Gasteiger partial charge on any atom is 0.253 e. The van der Waals surface area contributed by atoms with Gasteiger partial charge in [0.25, 0.3) is 5.91 Å². The van der Waals surface area contributed by atoms with E-state index in [9.17, 15) is 9.59 Å². The van der Waals surface area contributed by atoms with E-state index in [-0.39, 0.29) is 18.2 Å². The van der Waals surface area contributed by atoms with Crippen LogP contribution in [0.5, 0.6) is 0 Å². The lowest BCUT2D eigenvalue weighted by Crippen LogP contribution is -2.37. The number of carbonyl (C=O) groups excluding carboxylic acids is 2. The molecule has 5 heteroatoms. The molecule has 0 saturated carbocycles. The number of hydrogen-bond donors (Lipinski definition) is 0. The zero-order chi connectivity index (χ0) is 15.2. The topological polar surface area (TPSA) is 64.4 Å². The predicted molar refractivity (Wildman–Crippen MR) is 78.5 cm³/mol. The molecular weight excluding hydrogens is 266 g/mol. The molecule has 1 fully saturated rings. The normalized spacial score (nSPS) is 15.2. The van der Waals surface area contributed by atoms with Gasteiger partial charge >= 0.3 is 0 Å². The van der Waals surface area contributed by atoms with Crippen molar-refractivity contribution in [1.29, 1.82) is 5.26 Å². The number of amides is 2. The number of benzene rings is 1. The van der Waals surface area contributed by atoms with Crippen molar-refractivity contribution in [3.05, 3.63) is 35.4 Å². The molecule has 5 nitrogen and oxygen atoms in total. The number of nitrogens with zero attached hydrogens (tertiary/aromatic N) is 3. The maximum atomic E-state index is 12.5. The zero-order valence-corrected chi connectivity index (χ0v) is 12.2. The number of rotatable bonds is 2. The minimum Gasteiger partial charge on any atom is -0.340 e. The molecule has 0 aromatic heterocycles. The van der Waals surface area contributed by atoms with E-state index in [0.29, 0.717) is 31.7 Å². The van der Waals surface area contributed by atoms with Crippen molar-refractivity contribution in [2.45, 2.75) is 19.8 Å². The third-order valence-corrected chi connectivity index (χ3v) is 3.63. The Kier molecular flexibility index (Phi) is 4.94. The van der Waals surface area contributed by atoms with Crippen molar-refractivity contribution in [2.24, 2.45) is 0 Å². The molecule has 1 aromatic carbocycles. The Labute approximate surface area is 124 Å². The summed E-state index contributed by atoms with van der Waals surface area (Å²) in [5.74, 6) is -0.143. The van der Waals surface area contributed by atoms with Crippen LogP contribution >= 0.6 is 0 Å². The van der Waals surface area contributed by atoms with E-state index in [0.717, 1.165) is 12.0 Å². The molecule has 1 saturated heterocycles. The van der Waals surface area contributed by atoms with Crippen molar-refractivity contribution >= 4 is 11.8 Å². The Hall–Kier alpha value is -2.35. The summed E-state index contributed by atoms with van der Waals surface area (Å²) in [6.07, 6.45) is 0.653. The molecule has 1 aliphatic rings. The summed E-state index contributed by atoms with van der Waals surface area (Å²) in [6, 6.07) is 9.42. The van der Waals surface area contributed by atoms with Gasteiger partial charge in [-0.15, -0.1) is 0 Å². The van der Waals surface area contributed by atoms with Gasteiger partial charge in [-0.05, 0) is 25.5 Å². The second-order valence-corrected chi connectivity index (χ2v) is 5.23. The molecule has 0 bridgehead atoms. The molecule has 21 heavy (non-hydrogen) atoms. The monoisotopic (exact) mass is 285 g/mol. The highest BCUT2D eigenvalue weighted by Gasteiger charge is 2.22. The van der Waals surface area contributed by atoms with Gasteiger partial charge in [-0.1, -0.05) is 17.7 Å². The summed E-state index contributed by atoms with van der Waals surface area (Å²) >= 11 is 0. The zero-order valence-electron chi connectivity index (χ0n) is 12.2. The van der Waals surface area contributed by atoms with Crippen LogP contribution in [0.25, 0.3) is 0 Å². The lowest BCUT2D eigenvalue weighted by atomic mass is 10.1. The van der Waals surface area contributed by atoms with Crippen molar-refractivity contribution in [2.75, 3.05) is 26.2 Å². The Morgan fingerprint density at radius 3 is 2.62 bits per heavy atom. The first kappa shape index (κ1) is 15.0. The first-order valence-electron chi connectivity index (χ1n) is 7.12. The molecule has 0 radical (unpaired) electrons. The first-order valence-corrected chi connectivity index (χ1v) is 7.12. The Morgan fingerprint density at radius 1 is 1.19 bits per heavy atom. The standard InChI is InChI=1S/C16H19N3O2/c1-13-4-2-5-14(12-13)16(21)19-9-3-8-18(10-11-19)15(20)6-7-17/h2,4-5,12H,3,6,8-11H2,1H3. The van der Waals surface area contributed by atoms with Gasteiger partial charge in [0.1, 0.15) is 6.42 Å². The first-order chi connectivity index (χ1) is 10.1. The lowest BCUT2D eigenvalue weighted by molar-refractivity contribution is -0.129. The van der Waals surface area contributed by atoms with Gasteiger partial charge in [-0.2, -0.15) is 5.26 Å². The number of hydrogen-bond acceptors (Lipinski definition) is 3. The highest BCUT2D eigenvalue weighted by molar-refractivity contribution is 5.94. The van der Waals surface area contributed by atoms with Gasteiger partial charge in [-0.25, -0.2) is 0 Å². The van der Waals surface area contributed by atoms with E-state index < -0.39 is 0 Å². The number of aryl methyl sites for hydroxylation is 1. The van der Waals surface area contributed by atoms with Crippen LogP contribution in [0.2, 0.25) is 0 Å². The molecule has 0 unspecified atom stereocenters. The fourth-order valence-corrected chi connectivity index (χ4v) is 2.51. The van der Waals surface area contributed by atoms with Crippen LogP contribution in [-0.4, -0.2) is 47.8 Å². The molecule has 0 aliphatic carbocycles. The van der Waals surface area contributed by atoms with E-state index >= 15 is 0 Å². The quantitative estimate of drug-likeness (QED) is 0.828. The fourth-order valence-electron chi connectivity index (χ4n) is 2.51. The minimum atomic E-state index is -0.151. The predicted octanol–water partition coefficient (Wildman–Crippen LogP) is 1.58. The van der Waals surface area contributed by atoms with Crippen molar-refractivity contribution in [3.8, 4) is 6.07 Å². The molecule has 1 aromatic rings. The molecule has 0 spiro atoms. The second-order valence-electron chi connectivity index (χ2n) is 5.23. The number of nitriles is 1. The SMILES string of the molecule is Cc1cccc(C(=O)N2CCCN(C(=O)CC#N)CC2)c1. The average Bonchev–Trinajstić information content (AvgIpc) is 2.72. The molecule has 2 amide bonds. The molecule has 1 aliphatic heterocycles. The third kappa shape index (κ3) is 3.82. The second kappa shape index (κ2) is 6.89. The molecule has 0 N–H and O–H groups in total. The largest absolute Gasteiger partial charge is 0.340 e. The Bertz CT molecular complexity index is 577. The Morgan fingerprint density at radius 2 is 1.90 bits per heavy atom. The van der Waals surface area contributed by atoms with E-state index in [4.69, 9.17) is 5.26 Å². The highest BCUT2D eigenvalue weighted by Crippen LogP contribution is 2.11. The van der Waals surface area contributed by atoms with E-state index in [1.54, 1.807) is 9.80 Å². The summed E-state index contributed by atoms with van der Waals surface area (Å²) in [5.41, 5.74) is 1.74. The fraction of sp³-hybridized carbons (Fsp3) is 0.438. The number of carbonyl (C=O) groups is 2. The molecule has 1 heterocycles. The van der Waals surface area contributed by atoms with Gasteiger partial charge in [0.15, 0.2) is 0 Å². The van der Waals surface area contributed by atoms with E-state index in [1.165, 1.54) is 0 Å². The third-order valence-electron chi connectivity index (χ3n) is 3.63. The summed E-state index contributed by atoms with van der Waals surface area (Å²) < 4.78 is 0. The minimum absolute atomic E-state index is 0.00767. The van der Waals surface area contributed by atoms with Crippen LogP contribution < -0.4 is 0 Å². The summed E-state index contributed by atoms with van der Waals surface area (Å²) in [6.45, 7) is 4.23. The van der Waals surface area contributed by atoms with E-state index in [1.807, 2.05) is 37.3 Å². The van der Waals surface area contributed by atoms with Crippen LogP contribution in [0.4, 0.5) is 0 Å². The molecule has 2 rings (SSSR count). The lowest BCUT2D eigenvalue weighted by Gasteiger charge is -2.21. The molecular formula is C16H19N3O2. The van der Waals surface area contributed by atoms with Crippen LogP contribution in [0.3, 0.4) is 0 Å². The van der Waals surface area contributed by atoms with Crippen LogP contribution in [0.1, 0.15) is 28.8 Å². The van der Waals surface area contributed by atoms with Crippen molar-refractivity contribution < 1.29 is 9.59 Å². The van der Waals surface area contributed by atoms with Gasteiger partial charge in [0, 0.05) is 31.7 Å². The average molecular weight is 285 g/mol. The van der Waals surface area contributed by atoms with Crippen molar-refractivity contribution in [1.82, 2.24) is 9.80 Å². The van der Waals surface area contributed by atoms with E-state index in [2.05, 4.69) is 0 Å². The molecule has 110 valence electrons. The summed E-state index contributed by atoms with van der Waals surface area (Å²) in [4.78, 5) is 27.7. The van der Waals surface area contributed by atoms with Gasteiger partial charge < -0.3 is 9.80 Å².